The van der Waals surface area contributed by atoms with Crippen LogP contribution < -0.4 is 20.5 Å². The number of aromatic nitrogens is 2. The minimum Gasteiger partial charge on any atom is -0.338 e. The van der Waals surface area contributed by atoms with Gasteiger partial charge in [-0.2, -0.15) is 4.98 Å². The lowest BCUT2D eigenvalue weighted by atomic mass is 10.1. The molecule has 0 aromatic carbocycles. The fraction of sp³-hybridized carbons (Fsp3) is 0.158. The van der Waals surface area contributed by atoms with Crippen LogP contribution in [0.3, 0.4) is 0 Å². The molecule has 32 heavy (non-hydrogen) atoms. The third kappa shape index (κ3) is 6.95. The molecule has 2 aliphatic carbocycles. The highest BCUT2D eigenvalue weighted by Crippen LogP contribution is 2.23. The van der Waals surface area contributed by atoms with Crippen molar-refractivity contribution >= 4 is 31.8 Å². The van der Waals surface area contributed by atoms with Crippen molar-refractivity contribution in [2.45, 2.75) is 12.8 Å². The number of rotatable bonds is 7. The van der Waals surface area contributed by atoms with Gasteiger partial charge in [-0.1, -0.05) is 24.3 Å². The Labute approximate surface area is 185 Å². The summed E-state index contributed by atoms with van der Waals surface area (Å²) in [7, 11) is -5.95. The number of anilines is 2. The predicted octanol–water partition coefficient (Wildman–Crippen LogP) is 1.73. The van der Waals surface area contributed by atoms with Crippen molar-refractivity contribution in [1.82, 2.24) is 14.7 Å². The van der Waals surface area contributed by atoms with E-state index < -0.39 is 25.9 Å². The molecule has 0 fully saturated rings. The molecule has 5 N–H and O–H groups in total. The summed E-state index contributed by atoms with van der Waals surface area (Å²) in [5.74, 6) is -0.663. The molecule has 1 heterocycles. The molecule has 10 nitrogen and oxygen atoms in total. The maximum atomic E-state index is 14.2. The predicted molar refractivity (Wildman–Crippen MR) is 120 cm³/mol. The summed E-state index contributed by atoms with van der Waals surface area (Å²) in [6, 6.07) is 0. The molecule has 0 saturated carbocycles. The SMILES string of the molecule is CNS(=O)(=O)C=C1C=CC(Nc2nc(NC3=CC=CC(=CS(N)(=O)=O)C3)ncc2F)=CC1. The second kappa shape index (κ2) is 9.56. The van der Waals surface area contributed by atoms with Gasteiger partial charge in [0.2, 0.25) is 26.0 Å². The van der Waals surface area contributed by atoms with Crippen molar-refractivity contribution in [3.8, 4) is 0 Å². The number of hydrogen-bond donors (Lipinski definition) is 4. The topological polar surface area (TPSA) is 156 Å². The first-order chi connectivity index (χ1) is 15.0. The van der Waals surface area contributed by atoms with Crippen LogP contribution in [0.2, 0.25) is 0 Å². The largest absolute Gasteiger partial charge is 0.338 e. The monoisotopic (exact) mass is 480 g/mol. The molecule has 0 unspecified atom stereocenters. The number of hydrogen-bond acceptors (Lipinski definition) is 8. The average molecular weight is 481 g/mol. The fourth-order valence-corrected chi connectivity index (χ4v) is 4.07. The highest BCUT2D eigenvalue weighted by Gasteiger charge is 2.13. The molecule has 0 atom stereocenters. The second-order valence-corrected chi connectivity index (χ2v) is 9.94. The molecule has 0 bridgehead atoms. The standard InChI is InChI=1S/C19H21FN6O4S2/c1-22-32(29,30)12-13-5-7-15(8-6-13)24-18-17(20)10-23-19(26-18)25-16-4-2-3-14(9-16)11-31(21,27)28/h2-5,7-8,10-12,22H,6,9H2,1H3,(H2,21,27,28)(H2,23,24,25,26). The molecule has 0 amide bonds. The quantitative estimate of drug-likeness (QED) is 0.460. The van der Waals surface area contributed by atoms with E-state index in [0.717, 1.165) is 17.0 Å². The van der Waals surface area contributed by atoms with Gasteiger partial charge >= 0.3 is 0 Å². The molecule has 2 aliphatic rings. The lowest BCUT2D eigenvalue weighted by Crippen LogP contribution is -2.16. The van der Waals surface area contributed by atoms with E-state index in [1.807, 2.05) is 0 Å². The van der Waals surface area contributed by atoms with Crippen molar-refractivity contribution in [3.05, 3.63) is 81.8 Å². The normalized spacial score (nSPS) is 19.1. The maximum absolute atomic E-state index is 14.2. The minimum absolute atomic E-state index is 0.0825. The van der Waals surface area contributed by atoms with Crippen LogP contribution in [0.5, 0.6) is 0 Å². The Balaban J connectivity index is 1.70. The molecule has 0 saturated heterocycles. The Bertz CT molecular complexity index is 1310. The van der Waals surface area contributed by atoms with Gasteiger partial charge in [-0.15, -0.1) is 0 Å². The van der Waals surface area contributed by atoms with Crippen LogP contribution in [0.4, 0.5) is 16.2 Å². The van der Waals surface area contributed by atoms with Gasteiger partial charge in [0, 0.05) is 28.6 Å². The first-order valence-electron chi connectivity index (χ1n) is 9.22. The summed E-state index contributed by atoms with van der Waals surface area (Å²) < 4.78 is 62.1. The lowest BCUT2D eigenvalue weighted by Gasteiger charge is -2.15. The number of primary sulfonamides is 1. The Kier molecular flexibility index (Phi) is 7.03. The van der Waals surface area contributed by atoms with Crippen LogP contribution in [0.1, 0.15) is 12.8 Å². The summed E-state index contributed by atoms with van der Waals surface area (Å²) in [4.78, 5) is 8.02. The van der Waals surface area contributed by atoms with Crippen LogP contribution in [0.25, 0.3) is 0 Å². The van der Waals surface area contributed by atoms with Crippen LogP contribution >= 0.6 is 0 Å². The molecule has 3 rings (SSSR count). The minimum atomic E-state index is -3.78. The zero-order chi connectivity index (χ0) is 23.4. The highest BCUT2D eigenvalue weighted by atomic mass is 32.2. The molecular weight excluding hydrogens is 459 g/mol. The Morgan fingerprint density at radius 1 is 1.09 bits per heavy atom. The van der Waals surface area contributed by atoms with Crippen molar-refractivity contribution in [3.63, 3.8) is 0 Å². The van der Waals surface area contributed by atoms with Crippen LogP contribution in [-0.4, -0.2) is 33.9 Å². The summed E-state index contributed by atoms with van der Waals surface area (Å²) in [5.41, 5.74) is 2.17. The Morgan fingerprint density at radius 2 is 1.88 bits per heavy atom. The molecule has 1 aromatic rings. The van der Waals surface area contributed by atoms with Gasteiger partial charge in [0.1, 0.15) is 0 Å². The van der Waals surface area contributed by atoms with Crippen molar-refractivity contribution in [2.75, 3.05) is 17.7 Å². The van der Waals surface area contributed by atoms with Crippen LogP contribution in [0.15, 0.2) is 76.0 Å². The van der Waals surface area contributed by atoms with E-state index in [9.17, 15) is 21.2 Å². The zero-order valence-electron chi connectivity index (χ0n) is 16.9. The fourth-order valence-electron chi connectivity index (χ4n) is 2.80. The molecule has 170 valence electrons. The number of nitrogens with two attached hydrogens (primary N) is 1. The zero-order valence-corrected chi connectivity index (χ0v) is 18.5. The first-order valence-corrected chi connectivity index (χ1v) is 12.4. The third-order valence-corrected chi connectivity index (χ3v) is 6.04. The first kappa shape index (κ1) is 23.5. The van der Waals surface area contributed by atoms with Gasteiger partial charge < -0.3 is 10.6 Å². The summed E-state index contributed by atoms with van der Waals surface area (Å²) in [6.07, 6.45) is 11.4. The van der Waals surface area contributed by atoms with Crippen molar-refractivity contribution < 1.29 is 21.2 Å². The third-order valence-electron chi connectivity index (χ3n) is 4.22. The van der Waals surface area contributed by atoms with E-state index in [0.29, 0.717) is 29.0 Å². The molecule has 13 heteroatoms. The number of nitrogens with one attached hydrogen (secondary N) is 3. The van der Waals surface area contributed by atoms with E-state index in [1.165, 1.54) is 7.05 Å². The average Bonchev–Trinajstić information content (AvgIpc) is 2.71. The molecule has 0 spiro atoms. The number of allylic oxidation sites excluding steroid dienone is 8. The van der Waals surface area contributed by atoms with Gasteiger partial charge in [-0.3, -0.25) is 0 Å². The van der Waals surface area contributed by atoms with Crippen molar-refractivity contribution in [1.29, 1.82) is 0 Å². The maximum Gasteiger partial charge on any atom is 0.233 e. The number of sulfonamides is 2. The summed E-state index contributed by atoms with van der Waals surface area (Å²) in [5, 5.41) is 12.9. The van der Waals surface area contributed by atoms with Gasteiger partial charge in [-0.25, -0.2) is 36.1 Å². The second-order valence-electron chi connectivity index (χ2n) is 6.79. The molecule has 0 radical (unpaired) electrons. The van der Waals surface area contributed by atoms with Gasteiger partial charge in [0.25, 0.3) is 0 Å². The highest BCUT2D eigenvalue weighted by molar-refractivity contribution is 7.92. The van der Waals surface area contributed by atoms with E-state index in [1.54, 1.807) is 36.5 Å². The Hall–Kier alpha value is -3.13. The number of halogens is 1. The van der Waals surface area contributed by atoms with Crippen LogP contribution in [0, 0.1) is 5.82 Å². The molecule has 0 aliphatic heterocycles. The summed E-state index contributed by atoms with van der Waals surface area (Å²) in [6.45, 7) is 0. The lowest BCUT2D eigenvalue weighted by molar-refractivity contribution is 0.596. The van der Waals surface area contributed by atoms with E-state index in [-0.39, 0.29) is 18.2 Å². The number of nitrogens with zero attached hydrogens (tertiary/aromatic N) is 2. The Morgan fingerprint density at radius 3 is 2.53 bits per heavy atom. The van der Waals surface area contributed by atoms with Crippen LogP contribution in [-0.2, 0) is 20.0 Å². The summed E-state index contributed by atoms with van der Waals surface area (Å²) >= 11 is 0. The van der Waals surface area contributed by atoms with Gasteiger partial charge in [-0.05, 0) is 36.8 Å². The van der Waals surface area contributed by atoms with Gasteiger partial charge in [0.15, 0.2) is 11.6 Å². The van der Waals surface area contributed by atoms with Gasteiger partial charge in [0.05, 0.1) is 6.20 Å². The van der Waals surface area contributed by atoms with Crippen molar-refractivity contribution in [2.24, 2.45) is 5.14 Å². The van der Waals surface area contributed by atoms with E-state index in [2.05, 4.69) is 25.3 Å². The molecular formula is C19H21FN6O4S2. The molecule has 1 aromatic heterocycles. The van der Waals surface area contributed by atoms with E-state index in [4.69, 9.17) is 5.14 Å². The smallest absolute Gasteiger partial charge is 0.233 e. The van der Waals surface area contributed by atoms with E-state index >= 15 is 0 Å².